The number of rotatable bonds is 7. The van der Waals surface area contributed by atoms with Crippen molar-refractivity contribution in [3.05, 3.63) is 30.1 Å². The number of para-hydroxylation sites is 2. The van der Waals surface area contributed by atoms with Gasteiger partial charge in [-0.3, -0.25) is 4.79 Å². The first-order chi connectivity index (χ1) is 9.20. The fourth-order valence-corrected chi connectivity index (χ4v) is 2.54. The van der Waals surface area contributed by atoms with Gasteiger partial charge in [0.05, 0.1) is 16.8 Å². The normalized spacial score (nSPS) is 12.2. The molecule has 1 aromatic heterocycles. The zero-order valence-electron chi connectivity index (χ0n) is 10.00. The average molecular weight is 279 g/mol. The minimum absolute atomic E-state index is 0.297. The Morgan fingerprint density at radius 2 is 2.32 bits per heavy atom. The summed E-state index contributed by atoms with van der Waals surface area (Å²) in [4.78, 5) is 28.6. The van der Waals surface area contributed by atoms with E-state index in [2.05, 4.69) is 15.3 Å². The number of nitrogens with one attached hydrogen (secondary N) is 2. The molecular weight excluding hydrogens is 266 g/mol. The number of carboxylic acids is 1. The Bertz CT molecular complexity index is 551. The molecule has 0 radical (unpaired) electrons. The highest BCUT2D eigenvalue weighted by Crippen LogP contribution is 2.15. The molecule has 1 amide bonds. The number of nitrogens with zero attached hydrogens (tertiary/aromatic N) is 1. The van der Waals surface area contributed by atoms with Crippen molar-refractivity contribution in [2.45, 2.75) is 11.8 Å². The van der Waals surface area contributed by atoms with Gasteiger partial charge in [-0.15, -0.1) is 0 Å². The molecule has 0 aliphatic rings. The molecule has 0 aliphatic heterocycles. The number of benzene rings is 1. The van der Waals surface area contributed by atoms with Crippen LogP contribution in [-0.4, -0.2) is 39.2 Å². The van der Waals surface area contributed by atoms with Crippen molar-refractivity contribution in [2.75, 3.05) is 5.75 Å². The van der Waals surface area contributed by atoms with Crippen molar-refractivity contribution in [3.8, 4) is 0 Å². The number of hydrogen-bond acceptors (Lipinski definition) is 4. The number of hydrogen-bond donors (Lipinski definition) is 3. The first-order valence-electron chi connectivity index (χ1n) is 5.64. The predicted octanol–water partition coefficient (Wildman–Crippen LogP) is 0.995. The largest absolute Gasteiger partial charge is 0.480 e. The van der Waals surface area contributed by atoms with Crippen LogP contribution in [-0.2, 0) is 15.3 Å². The van der Waals surface area contributed by atoms with E-state index in [1.165, 1.54) is 11.8 Å². The first kappa shape index (κ1) is 13.4. The number of H-pyrrole nitrogens is 1. The SMILES string of the molecule is O=CNC(CSCc1nc2ccccc2[nH]1)C(=O)O. The maximum absolute atomic E-state index is 10.8. The zero-order valence-corrected chi connectivity index (χ0v) is 10.8. The van der Waals surface area contributed by atoms with Gasteiger partial charge in [-0.1, -0.05) is 12.1 Å². The Morgan fingerprint density at radius 3 is 3.00 bits per heavy atom. The summed E-state index contributed by atoms with van der Waals surface area (Å²) < 4.78 is 0. The topological polar surface area (TPSA) is 95.1 Å². The van der Waals surface area contributed by atoms with Crippen LogP contribution in [0.15, 0.2) is 24.3 Å². The minimum Gasteiger partial charge on any atom is -0.480 e. The molecule has 3 N–H and O–H groups in total. The van der Waals surface area contributed by atoms with E-state index in [1.54, 1.807) is 0 Å². The fraction of sp³-hybridized carbons (Fsp3) is 0.250. The maximum atomic E-state index is 10.8. The molecule has 7 heteroatoms. The van der Waals surface area contributed by atoms with Crippen LogP contribution >= 0.6 is 11.8 Å². The van der Waals surface area contributed by atoms with Crippen LogP contribution in [0, 0.1) is 0 Å². The summed E-state index contributed by atoms with van der Waals surface area (Å²) in [6.07, 6.45) is 0.403. The van der Waals surface area contributed by atoms with Gasteiger partial charge in [0.15, 0.2) is 0 Å². The molecule has 1 heterocycles. The second-order valence-corrected chi connectivity index (χ2v) is 4.92. The highest BCUT2D eigenvalue weighted by molar-refractivity contribution is 7.98. The fourth-order valence-electron chi connectivity index (χ4n) is 1.62. The number of imidazole rings is 1. The Hall–Kier alpha value is -2.02. The number of aromatic amines is 1. The van der Waals surface area contributed by atoms with E-state index in [0.29, 0.717) is 17.9 Å². The van der Waals surface area contributed by atoms with Gasteiger partial charge in [0, 0.05) is 5.75 Å². The van der Waals surface area contributed by atoms with E-state index in [4.69, 9.17) is 5.11 Å². The van der Waals surface area contributed by atoms with Gasteiger partial charge >= 0.3 is 5.97 Å². The standard InChI is InChI=1S/C12H13N3O3S/c16-7-13-10(12(17)18)5-19-6-11-14-8-3-1-2-4-9(8)15-11/h1-4,7,10H,5-6H2,(H,13,16)(H,14,15)(H,17,18). The number of aromatic nitrogens is 2. The lowest BCUT2D eigenvalue weighted by Gasteiger charge is -2.09. The third-order valence-electron chi connectivity index (χ3n) is 2.53. The number of carbonyl (C=O) groups excluding carboxylic acids is 1. The molecule has 1 atom stereocenters. The third-order valence-corrected chi connectivity index (χ3v) is 3.58. The van der Waals surface area contributed by atoms with E-state index >= 15 is 0 Å². The molecule has 0 bridgehead atoms. The van der Waals surface area contributed by atoms with E-state index < -0.39 is 12.0 Å². The summed E-state index contributed by atoms with van der Waals surface area (Å²) in [5, 5.41) is 11.1. The molecule has 100 valence electrons. The molecule has 6 nitrogen and oxygen atoms in total. The number of carboxylic acid groups (broad SMARTS) is 1. The second-order valence-electron chi connectivity index (χ2n) is 3.89. The molecule has 1 unspecified atom stereocenters. The summed E-state index contributed by atoms with van der Waals surface area (Å²) in [5.41, 5.74) is 1.85. The Labute approximate surface area is 113 Å². The van der Waals surface area contributed by atoms with Crippen LogP contribution in [0.5, 0.6) is 0 Å². The van der Waals surface area contributed by atoms with Gasteiger partial charge in [-0.05, 0) is 12.1 Å². The molecular formula is C12H13N3O3S. The van der Waals surface area contributed by atoms with Crippen LogP contribution in [0.1, 0.15) is 5.82 Å². The summed E-state index contributed by atoms with van der Waals surface area (Å²) >= 11 is 1.40. The lowest BCUT2D eigenvalue weighted by molar-refractivity contribution is -0.139. The third kappa shape index (κ3) is 3.47. The minimum atomic E-state index is -1.04. The molecule has 1 aromatic carbocycles. The number of thioether (sulfide) groups is 1. The molecule has 0 spiro atoms. The van der Waals surface area contributed by atoms with Gasteiger partial charge in [-0.25, -0.2) is 9.78 Å². The molecule has 0 saturated carbocycles. The van der Waals surface area contributed by atoms with E-state index in [0.717, 1.165) is 16.9 Å². The predicted molar refractivity (Wildman–Crippen MR) is 72.9 cm³/mol. The van der Waals surface area contributed by atoms with Crippen LogP contribution in [0.2, 0.25) is 0 Å². The lowest BCUT2D eigenvalue weighted by Crippen LogP contribution is -2.37. The number of amides is 1. The lowest BCUT2D eigenvalue weighted by atomic mass is 10.3. The van der Waals surface area contributed by atoms with Gasteiger partial charge in [0.2, 0.25) is 6.41 Å². The van der Waals surface area contributed by atoms with Crippen molar-refractivity contribution in [1.29, 1.82) is 0 Å². The highest BCUT2D eigenvalue weighted by Gasteiger charge is 2.16. The summed E-state index contributed by atoms with van der Waals surface area (Å²) in [6, 6.07) is 6.81. The van der Waals surface area contributed by atoms with Crippen molar-refractivity contribution in [3.63, 3.8) is 0 Å². The summed E-state index contributed by atoms with van der Waals surface area (Å²) in [7, 11) is 0. The Balaban J connectivity index is 1.91. The first-order valence-corrected chi connectivity index (χ1v) is 6.80. The molecule has 19 heavy (non-hydrogen) atoms. The summed E-state index contributed by atoms with van der Waals surface area (Å²) in [5.74, 6) is 0.620. The maximum Gasteiger partial charge on any atom is 0.327 e. The molecule has 0 aliphatic carbocycles. The van der Waals surface area contributed by atoms with E-state index in [-0.39, 0.29) is 0 Å². The summed E-state index contributed by atoms with van der Waals surface area (Å²) in [6.45, 7) is 0. The number of aliphatic carboxylic acids is 1. The monoisotopic (exact) mass is 279 g/mol. The van der Waals surface area contributed by atoms with Crippen molar-refractivity contribution in [2.24, 2.45) is 0 Å². The molecule has 0 fully saturated rings. The zero-order chi connectivity index (χ0) is 13.7. The van der Waals surface area contributed by atoms with Crippen LogP contribution in [0.3, 0.4) is 0 Å². The Kier molecular flexibility index (Phi) is 4.40. The quantitative estimate of drug-likeness (QED) is 0.657. The van der Waals surface area contributed by atoms with Gasteiger partial charge in [0.1, 0.15) is 11.9 Å². The van der Waals surface area contributed by atoms with Crippen molar-refractivity contribution >= 4 is 35.2 Å². The number of carbonyl (C=O) groups is 2. The number of fused-ring (bicyclic) bond motifs is 1. The Morgan fingerprint density at radius 1 is 1.53 bits per heavy atom. The van der Waals surface area contributed by atoms with E-state index in [1.807, 2.05) is 24.3 Å². The van der Waals surface area contributed by atoms with E-state index in [9.17, 15) is 9.59 Å². The highest BCUT2D eigenvalue weighted by atomic mass is 32.2. The smallest absolute Gasteiger partial charge is 0.327 e. The van der Waals surface area contributed by atoms with Gasteiger partial charge in [-0.2, -0.15) is 11.8 Å². The van der Waals surface area contributed by atoms with Crippen LogP contribution < -0.4 is 5.32 Å². The van der Waals surface area contributed by atoms with Crippen LogP contribution in [0.4, 0.5) is 0 Å². The average Bonchev–Trinajstić information content (AvgIpc) is 2.80. The van der Waals surface area contributed by atoms with Crippen molar-refractivity contribution in [1.82, 2.24) is 15.3 Å². The molecule has 0 saturated heterocycles. The second kappa shape index (κ2) is 6.24. The van der Waals surface area contributed by atoms with Gasteiger partial charge in [0.25, 0.3) is 0 Å². The molecule has 2 aromatic rings. The van der Waals surface area contributed by atoms with Gasteiger partial charge < -0.3 is 15.4 Å². The van der Waals surface area contributed by atoms with Crippen molar-refractivity contribution < 1.29 is 14.7 Å². The van der Waals surface area contributed by atoms with Crippen LogP contribution in [0.25, 0.3) is 11.0 Å². The molecule has 2 rings (SSSR count).